The third-order valence-electron chi connectivity index (χ3n) is 10.7. The summed E-state index contributed by atoms with van der Waals surface area (Å²) >= 11 is 0. The minimum absolute atomic E-state index is 0.00896. The molecule has 5 atom stereocenters. The van der Waals surface area contributed by atoms with Gasteiger partial charge in [-0.3, -0.25) is 9.69 Å². The van der Waals surface area contributed by atoms with E-state index in [4.69, 9.17) is 4.74 Å². The Hall–Kier alpha value is -3.57. The second-order valence-electron chi connectivity index (χ2n) is 13.7. The summed E-state index contributed by atoms with van der Waals surface area (Å²) in [6.07, 6.45) is 8.51. The number of aromatic hydroxyl groups is 1. The van der Waals surface area contributed by atoms with Gasteiger partial charge in [0.25, 0.3) is 0 Å². The van der Waals surface area contributed by atoms with E-state index in [2.05, 4.69) is 73.0 Å². The van der Waals surface area contributed by atoms with Crippen molar-refractivity contribution >= 4 is 12.0 Å². The van der Waals surface area contributed by atoms with Crippen molar-refractivity contribution in [2.75, 3.05) is 19.6 Å². The summed E-state index contributed by atoms with van der Waals surface area (Å²) in [5, 5.41) is 11.2. The molecule has 3 aromatic carbocycles. The molecule has 224 valence electrons. The SMILES string of the molecule is Cc1cccc(C=CC(=O)N(CC(C)C)[C@H]2CC[C@H]3[C@H]4Cc5c(O)ccc6c5[C@@]3(CCN4CCc3ccccc3)[C@H]2O6)c1. The average Bonchev–Trinajstić information content (AvgIpc) is 3.33. The highest BCUT2D eigenvalue weighted by atomic mass is 16.5. The molecule has 1 amide bonds. The highest BCUT2D eigenvalue weighted by Gasteiger charge is 2.66. The number of phenols is 1. The number of piperidine rings is 1. The lowest BCUT2D eigenvalue weighted by Gasteiger charge is -2.60. The molecule has 1 spiro atoms. The third kappa shape index (κ3) is 4.86. The normalized spacial score (nSPS) is 27.3. The smallest absolute Gasteiger partial charge is 0.246 e. The summed E-state index contributed by atoms with van der Waals surface area (Å²) in [5.74, 6) is 2.18. The molecule has 4 aliphatic rings. The average molecular weight is 577 g/mol. The zero-order valence-corrected chi connectivity index (χ0v) is 25.7. The van der Waals surface area contributed by atoms with Crippen LogP contribution in [0, 0.1) is 18.8 Å². The van der Waals surface area contributed by atoms with Gasteiger partial charge in [0.05, 0.1) is 6.04 Å². The molecule has 2 aliphatic heterocycles. The maximum absolute atomic E-state index is 14.0. The summed E-state index contributed by atoms with van der Waals surface area (Å²) in [5.41, 5.74) is 5.75. The fraction of sp³-hybridized carbons (Fsp3) is 0.447. The van der Waals surface area contributed by atoms with Crippen LogP contribution in [0.2, 0.25) is 0 Å². The van der Waals surface area contributed by atoms with E-state index in [0.717, 1.165) is 62.1 Å². The Morgan fingerprint density at radius 3 is 2.74 bits per heavy atom. The van der Waals surface area contributed by atoms with Gasteiger partial charge in [-0.25, -0.2) is 0 Å². The molecule has 2 fully saturated rings. The van der Waals surface area contributed by atoms with Gasteiger partial charge in [0.1, 0.15) is 17.6 Å². The Bertz CT molecular complexity index is 1530. The molecule has 1 saturated carbocycles. The van der Waals surface area contributed by atoms with Gasteiger partial charge in [-0.2, -0.15) is 0 Å². The minimum Gasteiger partial charge on any atom is -0.508 e. The van der Waals surface area contributed by atoms with Gasteiger partial charge in [-0.05, 0) is 86.7 Å². The van der Waals surface area contributed by atoms with Crippen molar-refractivity contribution in [2.45, 2.75) is 76.5 Å². The number of carbonyl (C=O) groups excluding carboxylic acids is 1. The fourth-order valence-corrected chi connectivity index (χ4v) is 8.94. The molecular formula is C38H44N2O3. The number of ether oxygens (including phenoxy) is 1. The van der Waals surface area contributed by atoms with Crippen molar-refractivity contribution in [3.63, 3.8) is 0 Å². The van der Waals surface area contributed by atoms with Gasteiger partial charge in [-0.1, -0.05) is 74.0 Å². The summed E-state index contributed by atoms with van der Waals surface area (Å²) in [6, 6.07) is 23.2. The van der Waals surface area contributed by atoms with E-state index >= 15 is 0 Å². The van der Waals surface area contributed by atoms with Crippen molar-refractivity contribution in [1.82, 2.24) is 9.80 Å². The number of hydrogen-bond donors (Lipinski definition) is 1. The molecule has 2 bridgehead atoms. The Morgan fingerprint density at radius 1 is 1.12 bits per heavy atom. The maximum Gasteiger partial charge on any atom is 0.246 e. The number of hydrogen-bond acceptors (Lipinski definition) is 4. The maximum atomic E-state index is 14.0. The molecule has 7 rings (SSSR count). The first-order chi connectivity index (χ1) is 20.8. The number of amides is 1. The van der Waals surface area contributed by atoms with Crippen LogP contribution in [-0.2, 0) is 23.1 Å². The van der Waals surface area contributed by atoms with Crippen LogP contribution in [0.1, 0.15) is 60.9 Å². The quantitative estimate of drug-likeness (QED) is 0.309. The molecule has 0 aromatic heterocycles. The standard InChI is InChI=1S/C38H44N2O3/c1-25(2)24-40(35(42)17-12-28-11-7-8-26(3)22-28)31-14-13-30-32-23-29-33(41)15-16-34-36(29)38(30,37(31)43-34)19-21-39(32)20-18-27-9-5-4-6-10-27/h4-12,15-17,22,25,30-32,37,41H,13-14,18-21,23-24H2,1-3H3/t30-,31-,32+,37-,38-/m0/s1. The molecule has 5 heteroatoms. The topological polar surface area (TPSA) is 53.0 Å². The molecule has 1 saturated heterocycles. The van der Waals surface area contributed by atoms with Gasteiger partial charge in [0, 0.05) is 41.7 Å². The molecule has 0 radical (unpaired) electrons. The van der Waals surface area contributed by atoms with Gasteiger partial charge in [-0.15, -0.1) is 0 Å². The summed E-state index contributed by atoms with van der Waals surface area (Å²) in [7, 11) is 0. The number of benzene rings is 3. The van der Waals surface area contributed by atoms with Crippen LogP contribution >= 0.6 is 0 Å². The predicted octanol–water partition coefficient (Wildman–Crippen LogP) is 6.55. The van der Waals surface area contributed by atoms with Gasteiger partial charge in [0.15, 0.2) is 0 Å². The van der Waals surface area contributed by atoms with Crippen molar-refractivity contribution in [1.29, 1.82) is 0 Å². The largest absolute Gasteiger partial charge is 0.508 e. The van der Waals surface area contributed by atoms with E-state index < -0.39 is 0 Å². The lowest BCUT2D eigenvalue weighted by atomic mass is 9.50. The molecular weight excluding hydrogens is 532 g/mol. The van der Waals surface area contributed by atoms with Crippen molar-refractivity contribution < 1.29 is 14.6 Å². The molecule has 0 unspecified atom stereocenters. The van der Waals surface area contributed by atoms with Crippen LogP contribution < -0.4 is 4.74 Å². The summed E-state index contributed by atoms with van der Waals surface area (Å²) < 4.78 is 6.95. The van der Waals surface area contributed by atoms with Crippen molar-refractivity contribution in [3.8, 4) is 11.5 Å². The Balaban J connectivity index is 1.22. The Labute approximate surface area is 256 Å². The fourth-order valence-electron chi connectivity index (χ4n) is 8.94. The Kier molecular flexibility index (Phi) is 7.33. The number of carbonyl (C=O) groups is 1. The van der Waals surface area contributed by atoms with Crippen LogP contribution in [-0.4, -0.2) is 58.6 Å². The third-order valence-corrected chi connectivity index (χ3v) is 10.7. The molecule has 2 heterocycles. The number of aryl methyl sites for hydroxylation is 1. The van der Waals surface area contributed by atoms with Crippen molar-refractivity contribution in [3.05, 3.63) is 101 Å². The van der Waals surface area contributed by atoms with Crippen LogP contribution in [0.5, 0.6) is 11.5 Å². The second-order valence-corrected chi connectivity index (χ2v) is 13.7. The lowest BCUT2D eigenvalue weighted by molar-refractivity contribution is -0.138. The van der Waals surface area contributed by atoms with E-state index in [9.17, 15) is 9.90 Å². The van der Waals surface area contributed by atoms with Crippen molar-refractivity contribution in [2.24, 2.45) is 11.8 Å². The van der Waals surface area contributed by atoms with E-state index in [-0.39, 0.29) is 23.5 Å². The summed E-state index contributed by atoms with van der Waals surface area (Å²) in [6.45, 7) is 9.19. The molecule has 2 aliphatic carbocycles. The van der Waals surface area contributed by atoms with E-state index in [1.54, 1.807) is 6.08 Å². The van der Waals surface area contributed by atoms with E-state index in [1.165, 1.54) is 16.7 Å². The highest BCUT2D eigenvalue weighted by Crippen LogP contribution is 2.63. The summed E-state index contributed by atoms with van der Waals surface area (Å²) in [4.78, 5) is 18.8. The lowest BCUT2D eigenvalue weighted by Crippen LogP contribution is -2.69. The minimum atomic E-state index is -0.172. The zero-order valence-electron chi connectivity index (χ0n) is 25.7. The second kappa shape index (κ2) is 11.2. The van der Waals surface area contributed by atoms with Crippen LogP contribution in [0.15, 0.2) is 72.8 Å². The Morgan fingerprint density at radius 2 is 1.95 bits per heavy atom. The van der Waals surface area contributed by atoms with Gasteiger partial charge in [0.2, 0.25) is 5.91 Å². The highest BCUT2D eigenvalue weighted by molar-refractivity contribution is 5.92. The predicted molar refractivity (Wildman–Crippen MR) is 171 cm³/mol. The number of rotatable bonds is 8. The van der Waals surface area contributed by atoms with E-state index in [0.29, 0.717) is 30.2 Å². The van der Waals surface area contributed by atoms with Crippen LogP contribution in [0.3, 0.4) is 0 Å². The number of likely N-dealkylation sites (tertiary alicyclic amines) is 1. The first-order valence-corrected chi connectivity index (χ1v) is 16.2. The van der Waals surface area contributed by atoms with E-state index in [1.807, 2.05) is 30.3 Å². The molecule has 43 heavy (non-hydrogen) atoms. The van der Waals surface area contributed by atoms with Gasteiger partial charge >= 0.3 is 0 Å². The molecule has 5 nitrogen and oxygen atoms in total. The molecule has 1 N–H and O–H groups in total. The van der Waals surface area contributed by atoms with Gasteiger partial charge < -0.3 is 14.7 Å². The first-order valence-electron chi connectivity index (χ1n) is 16.2. The zero-order chi connectivity index (χ0) is 29.7. The monoisotopic (exact) mass is 576 g/mol. The van der Waals surface area contributed by atoms with Crippen LogP contribution in [0.25, 0.3) is 6.08 Å². The molecule has 3 aromatic rings. The number of nitrogens with zero attached hydrogens (tertiary/aromatic N) is 2. The number of phenolic OH excluding ortho intramolecular Hbond substituents is 1. The first kappa shape index (κ1) is 28.2. The van der Waals surface area contributed by atoms with Crippen LogP contribution in [0.4, 0.5) is 0 Å².